The van der Waals surface area contributed by atoms with Crippen LogP contribution in [0.4, 0.5) is 4.39 Å². The predicted octanol–water partition coefficient (Wildman–Crippen LogP) is 12.2. The van der Waals surface area contributed by atoms with Gasteiger partial charge in [0.1, 0.15) is 17.4 Å². The van der Waals surface area contributed by atoms with E-state index in [1.165, 1.54) is 17.2 Å². The van der Waals surface area contributed by atoms with Crippen LogP contribution in [0.2, 0.25) is 0 Å². The molecule has 4 heteroatoms. The Hall–Kier alpha value is -5.66. The molecule has 240 valence electrons. The van der Waals surface area contributed by atoms with E-state index in [4.69, 9.17) is 0 Å². The fourth-order valence-electron chi connectivity index (χ4n) is 7.33. The fraction of sp³-hybridized carbons (Fsp3) is 0.178. The number of hydrogen-bond acceptors (Lipinski definition) is 1. The van der Waals surface area contributed by atoms with Crippen LogP contribution < -0.4 is 0 Å². The molecule has 8 aromatic rings. The van der Waals surface area contributed by atoms with Crippen molar-refractivity contribution < 1.29 is 4.39 Å². The Bertz CT molecular complexity index is 2500. The highest BCUT2D eigenvalue weighted by Gasteiger charge is 2.25. The van der Waals surface area contributed by atoms with Crippen LogP contribution in [0.3, 0.4) is 0 Å². The van der Waals surface area contributed by atoms with Crippen molar-refractivity contribution in [2.45, 2.75) is 52.4 Å². The number of halogens is 1. The summed E-state index contributed by atoms with van der Waals surface area (Å²) in [4.78, 5) is 0. The number of para-hydroxylation sites is 2. The summed E-state index contributed by atoms with van der Waals surface area (Å²) in [6, 6.07) is 43.4. The summed E-state index contributed by atoms with van der Waals surface area (Å²) in [6.45, 7) is 13.3. The molecular weight excluding hydrogens is 602 g/mol. The summed E-state index contributed by atoms with van der Waals surface area (Å²) in [6.07, 6.45) is 0. The SMILES string of the molecule is CC(C)(C)c1ccc2c(c1)c1ccccc1n2-c1cc(-c2ccccc2F)cc(-n2c3ccccc3c3cc(C(C)(C)C)ccc32)c1C#N. The van der Waals surface area contributed by atoms with Crippen molar-refractivity contribution in [1.29, 1.82) is 5.26 Å². The van der Waals surface area contributed by atoms with Crippen molar-refractivity contribution in [2.24, 2.45) is 0 Å². The maximum absolute atomic E-state index is 15.7. The van der Waals surface area contributed by atoms with E-state index in [-0.39, 0.29) is 16.6 Å². The first kappa shape index (κ1) is 30.7. The van der Waals surface area contributed by atoms with Gasteiger partial charge in [0.15, 0.2) is 0 Å². The highest BCUT2D eigenvalue weighted by molar-refractivity contribution is 6.11. The average molecular weight is 640 g/mol. The summed E-state index contributed by atoms with van der Waals surface area (Å²) in [5.41, 5.74) is 9.54. The molecule has 0 unspecified atom stereocenters. The third kappa shape index (κ3) is 4.84. The number of benzene rings is 6. The van der Waals surface area contributed by atoms with Gasteiger partial charge in [-0.1, -0.05) is 108 Å². The topological polar surface area (TPSA) is 33.6 Å². The molecule has 49 heavy (non-hydrogen) atoms. The molecule has 3 nitrogen and oxygen atoms in total. The quantitative estimate of drug-likeness (QED) is 0.189. The molecule has 0 aliphatic rings. The maximum atomic E-state index is 15.7. The van der Waals surface area contributed by atoms with Crippen LogP contribution in [-0.2, 0) is 10.8 Å². The molecule has 0 atom stereocenters. The second-order valence-corrected chi connectivity index (χ2v) is 15.2. The average Bonchev–Trinajstić information content (AvgIpc) is 3.59. The number of nitriles is 1. The van der Waals surface area contributed by atoms with Gasteiger partial charge in [-0.3, -0.25) is 0 Å². The molecule has 6 aromatic carbocycles. The Morgan fingerprint density at radius 3 is 1.39 bits per heavy atom. The lowest BCUT2D eigenvalue weighted by atomic mass is 9.86. The second kappa shape index (κ2) is 10.9. The fourth-order valence-corrected chi connectivity index (χ4v) is 7.33. The van der Waals surface area contributed by atoms with Gasteiger partial charge in [-0.2, -0.15) is 5.26 Å². The molecule has 2 aromatic heterocycles. The van der Waals surface area contributed by atoms with Crippen LogP contribution in [0, 0.1) is 17.1 Å². The smallest absolute Gasteiger partial charge is 0.131 e. The third-order valence-corrected chi connectivity index (χ3v) is 9.95. The zero-order chi connectivity index (χ0) is 34.2. The molecule has 0 aliphatic heterocycles. The van der Waals surface area contributed by atoms with E-state index >= 15 is 4.39 Å². The zero-order valence-electron chi connectivity index (χ0n) is 28.8. The normalized spacial score (nSPS) is 12.4. The lowest BCUT2D eigenvalue weighted by molar-refractivity contribution is 0.591. The molecule has 0 saturated heterocycles. The summed E-state index contributed by atoms with van der Waals surface area (Å²) in [5, 5.41) is 15.6. The van der Waals surface area contributed by atoms with Gasteiger partial charge in [-0.15, -0.1) is 0 Å². The third-order valence-electron chi connectivity index (χ3n) is 9.95. The van der Waals surface area contributed by atoms with Crippen LogP contribution >= 0.6 is 0 Å². The maximum Gasteiger partial charge on any atom is 0.131 e. The molecule has 0 fully saturated rings. The summed E-state index contributed by atoms with van der Waals surface area (Å²) >= 11 is 0. The van der Waals surface area contributed by atoms with E-state index in [1.807, 2.05) is 36.4 Å². The van der Waals surface area contributed by atoms with Gasteiger partial charge >= 0.3 is 0 Å². The van der Waals surface area contributed by atoms with Gasteiger partial charge in [0.05, 0.1) is 33.4 Å². The molecule has 2 heterocycles. The van der Waals surface area contributed by atoms with Crippen molar-refractivity contribution in [1.82, 2.24) is 9.13 Å². The molecular formula is C45H38FN3. The number of rotatable bonds is 3. The lowest BCUT2D eigenvalue weighted by Crippen LogP contribution is -2.11. The Balaban J connectivity index is 1.54. The standard InChI is InChI=1S/C45H38FN3/c1-44(2,3)29-19-21-40-34(25-29)32-14-8-11-17-38(32)48(40)42-23-28(31-13-7-10-16-37(31)46)24-43(36(42)27-47)49-39-18-12-9-15-33(39)35-26-30(45(4,5)6)20-22-41(35)49/h7-26H,1-6H3. The van der Waals surface area contributed by atoms with Crippen LogP contribution in [-0.4, -0.2) is 9.13 Å². The van der Waals surface area contributed by atoms with E-state index in [9.17, 15) is 5.26 Å². The molecule has 0 radical (unpaired) electrons. The van der Waals surface area contributed by atoms with Crippen LogP contribution in [0.15, 0.2) is 121 Å². The molecule has 0 amide bonds. The highest BCUT2D eigenvalue weighted by Crippen LogP contribution is 2.42. The predicted molar refractivity (Wildman–Crippen MR) is 203 cm³/mol. The Morgan fingerprint density at radius 2 is 0.939 bits per heavy atom. The van der Waals surface area contributed by atoms with Gasteiger partial charge in [-0.05, 0) is 82.1 Å². The van der Waals surface area contributed by atoms with Gasteiger partial charge < -0.3 is 9.13 Å². The first-order valence-corrected chi connectivity index (χ1v) is 16.9. The molecule has 0 saturated carbocycles. The highest BCUT2D eigenvalue weighted by atomic mass is 19.1. The van der Waals surface area contributed by atoms with Crippen molar-refractivity contribution in [2.75, 3.05) is 0 Å². The number of fused-ring (bicyclic) bond motifs is 6. The molecule has 8 rings (SSSR count). The monoisotopic (exact) mass is 639 g/mol. The van der Waals surface area contributed by atoms with Crippen molar-refractivity contribution in [3.63, 3.8) is 0 Å². The Morgan fingerprint density at radius 1 is 0.510 bits per heavy atom. The number of nitrogens with zero attached hydrogens (tertiary/aromatic N) is 3. The first-order valence-electron chi connectivity index (χ1n) is 16.9. The van der Waals surface area contributed by atoms with Gasteiger partial charge in [0, 0.05) is 27.1 Å². The minimum atomic E-state index is -0.307. The van der Waals surface area contributed by atoms with Gasteiger partial charge in [0.2, 0.25) is 0 Å². The van der Waals surface area contributed by atoms with E-state index in [2.05, 4.69) is 130 Å². The number of aromatic nitrogens is 2. The molecule has 0 N–H and O–H groups in total. The summed E-state index contributed by atoms with van der Waals surface area (Å²) in [5.74, 6) is -0.307. The first-order chi connectivity index (χ1) is 23.5. The van der Waals surface area contributed by atoms with Crippen LogP contribution in [0.25, 0.3) is 66.1 Å². The van der Waals surface area contributed by atoms with E-state index in [0.29, 0.717) is 28.1 Å². The van der Waals surface area contributed by atoms with Crippen LogP contribution in [0.5, 0.6) is 0 Å². The Labute approximate surface area is 286 Å². The molecule has 0 spiro atoms. The lowest BCUT2D eigenvalue weighted by Gasteiger charge is -2.20. The van der Waals surface area contributed by atoms with E-state index in [0.717, 1.165) is 43.6 Å². The van der Waals surface area contributed by atoms with Crippen molar-refractivity contribution in [3.05, 3.63) is 144 Å². The molecule has 0 bridgehead atoms. The largest absolute Gasteiger partial charge is 0.308 e. The summed E-state index contributed by atoms with van der Waals surface area (Å²) < 4.78 is 20.0. The van der Waals surface area contributed by atoms with E-state index < -0.39 is 0 Å². The minimum absolute atomic E-state index is 0.0312. The second-order valence-electron chi connectivity index (χ2n) is 15.2. The zero-order valence-corrected chi connectivity index (χ0v) is 28.8. The van der Waals surface area contributed by atoms with E-state index in [1.54, 1.807) is 6.07 Å². The van der Waals surface area contributed by atoms with Gasteiger partial charge in [-0.25, -0.2) is 4.39 Å². The number of hydrogen-bond donors (Lipinski definition) is 0. The van der Waals surface area contributed by atoms with Crippen molar-refractivity contribution in [3.8, 4) is 28.6 Å². The molecule has 0 aliphatic carbocycles. The summed E-state index contributed by atoms with van der Waals surface area (Å²) in [7, 11) is 0. The van der Waals surface area contributed by atoms with Crippen LogP contribution in [0.1, 0.15) is 58.2 Å². The van der Waals surface area contributed by atoms with Crippen molar-refractivity contribution >= 4 is 43.6 Å². The Kier molecular flexibility index (Phi) is 6.84. The minimum Gasteiger partial charge on any atom is -0.308 e. The van der Waals surface area contributed by atoms with Gasteiger partial charge in [0.25, 0.3) is 0 Å².